The van der Waals surface area contributed by atoms with E-state index in [0.29, 0.717) is 34.4 Å². The minimum Gasteiger partial charge on any atom is -0.493 e. The number of hydrogen-bond acceptors (Lipinski definition) is 6. The van der Waals surface area contributed by atoms with Crippen LogP contribution < -0.4 is 25.0 Å². The van der Waals surface area contributed by atoms with E-state index >= 15 is 0 Å². The number of nitrogens with zero attached hydrogens (tertiary/aromatic N) is 1. The summed E-state index contributed by atoms with van der Waals surface area (Å²) in [4.78, 5) is 23.9. The van der Waals surface area contributed by atoms with Gasteiger partial charge in [-0.05, 0) is 42.3 Å². The van der Waals surface area contributed by atoms with Gasteiger partial charge in [0.15, 0.2) is 11.5 Å². The highest BCUT2D eigenvalue weighted by Crippen LogP contribution is 2.32. The maximum Gasteiger partial charge on any atom is 0.329 e. The Kier molecular flexibility index (Phi) is 6.91. The number of benzene rings is 2. The number of hydrazone groups is 1. The van der Waals surface area contributed by atoms with Crippen molar-refractivity contribution in [3.05, 3.63) is 52.5 Å². The van der Waals surface area contributed by atoms with E-state index in [1.807, 2.05) is 6.92 Å². The Hall–Kier alpha value is -3.26. The van der Waals surface area contributed by atoms with Gasteiger partial charge in [0.25, 0.3) is 0 Å². The first-order chi connectivity index (χ1) is 14.1. The standard InChI is InChI=1S/C20H20ClN3O5/c1-2-7-27-16-6-4-15(21)9-14(16)11-23-24-20(26)19(25)22-10-13-3-5-17-18(8-13)29-12-28-17/h3-6,8-9,11H,2,7,10,12H2,1H3,(H,22,25)(H,24,26)/b23-11-. The third-order valence-electron chi connectivity index (χ3n) is 3.90. The van der Waals surface area contributed by atoms with Crippen molar-refractivity contribution in [2.75, 3.05) is 13.4 Å². The lowest BCUT2D eigenvalue weighted by atomic mass is 10.2. The van der Waals surface area contributed by atoms with Gasteiger partial charge in [0.1, 0.15) is 5.75 Å². The van der Waals surface area contributed by atoms with Crippen LogP contribution >= 0.6 is 11.6 Å². The molecule has 0 atom stereocenters. The Morgan fingerprint density at radius 1 is 1.17 bits per heavy atom. The molecule has 2 aromatic rings. The molecular weight excluding hydrogens is 398 g/mol. The Balaban J connectivity index is 1.52. The summed E-state index contributed by atoms with van der Waals surface area (Å²) in [5.41, 5.74) is 3.55. The van der Waals surface area contributed by atoms with Crippen LogP contribution in [0.25, 0.3) is 0 Å². The van der Waals surface area contributed by atoms with Crippen molar-refractivity contribution in [2.45, 2.75) is 19.9 Å². The zero-order chi connectivity index (χ0) is 20.6. The number of fused-ring (bicyclic) bond motifs is 1. The molecule has 152 valence electrons. The van der Waals surface area contributed by atoms with Gasteiger partial charge in [0, 0.05) is 17.1 Å². The van der Waals surface area contributed by atoms with Crippen LogP contribution in [0, 0.1) is 0 Å². The van der Waals surface area contributed by atoms with Crippen molar-refractivity contribution in [1.82, 2.24) is 10.7 Å². The molecule has 9 heteroatoms. The van der Waals surface area contributed by atoms with Gasteiger partial charge in [0.2, 0.25) is 6.79 Å². The third-order valence-corrected chi connectivity index (χ3v) is 4.13. The Labute approximate surface area is 172 Å². The van der Waals surface area contributed by atoms with Crippen molar-refractivity contribution in [2.24, 2.45) is 5.10 Å². The molecule has 8 nitrogen and oxygen atoms in total. The van der Waals surface area contributed by atoms with Gasteiger partial charge in [-0.15, -0.1) is 0 Å². The first-order valence-electron chi connectivity index (χ1n) is 8.99. The lowest BCUT2D eigenvalue weighted by Crippen LogP contribution is -2.37. The van der Waals surface area contributed by atoms with Crippen LogP contribution in [0.4, 0.5) is 0 Å². The molecule has 0 fully saturated rings. The van der Waals surface area contributed by atoms with Crippen LogP contribution in [0.2, 0.25) is 5.02 Å². The fraction of sp³-hybridized carbons (Fsp3) is 0.250. The summed E-state index contributed by atoms with van der Waals surface area (Å²) in [7, 11) is 0. The number of rotatable bonds is 7. The summed E-state index contributed by atoms with van der Waals surface area (Å²) >= 11 is 5.99. The van der Waals surface area contributed by atoms with E-state index in [-0.39, 0.29) is 13.3 Å². The van der Waals surface area contributed by atoms with E-state index in [9.17, 15) is 9.59 Å². The second-order valence-corrected chi connectivity index (χ2v) is 6.54. The highest BCUT2D eigenvalue weighted by Gasteiger charge is 2.15. The summed E-state index contributed by atoms with van der Waals surface area (Å²) in [6.45, 7) is 2.86. The zero-order valence-corrected chi connectivity index (χ0v) is 16.5. The van der Waals surface area contributed by atoms with Gasteiger partial charge in [-0.1, -0.05) is 24.6 Å². The third kappa shape index (κ3) is 5.61. The molecule has 0 saturated heterocycles. The topological polar surface area (TPSA) is 98.2 Å². The monoisotopic (exact) mass is 417 g/mol. The molecule has 3 rings (SSSR count). The molecule has 0 radical (unpaired) electrons. The Morgan fingerprint density at radius 2 is 2.00 bits per heavy atom. The highest BCUT2D eigenvalue weighted by atomic mass is 35.5. The number of amides is 2. The predicted molar refractivity (Wildman–Crippen MR) is 107 cm³/mol. The van der Waals surface area contributed by atoms with Gasteiger partial charge in [-0.25, -0.2) is 5.43 Å². The Morgan fingerprint density at radius 3 is 2.83 bits per heavy atom. The van der Waals surface area contributed by atoms with Crippen molar-refractivity contribution in [3.63, 3.8) is 0 Å². The molecule has 0 aromatic heterocycles. The molecule has 1 aliphatic heterocycles. The first-order valence-corrected chi connectivity index (χ1v) is 9.36. The van der Waals surface area contributed by atoms with Gasteiger partial charge >= 0.3 is 11.8 Å². The molecule has 0 unspecified atom stereocenters. The van der Waals surface area contributed by atoms with Gasteiger partial charge < -0.3 is 19.5 Å². The van der Waals surface area contributed by atoms with E-state index < -0.39 is 11.8 Å². The number of hydrogen-bond donors (Lipinski definition) is 2. The molecule has 29 heavy (non-hydrogen) atoms. The molecule has 0 spiro atoms. The summed E-state index contributed by atoms with van der Waals surface area (Å²) in [6.07, 6.45) is 2.22. The maximum absolute atomic E-state index is 12.0. The van der Waals surface area contributed by atoms with E-state index in [1.54, 1.807) is 36.4 Å². The molecule has 1 aliphatic rings. The summed E-state index contributed by atoms with van der Waals surface area (Å²) in [6, 6.07) is 10.3. The van der Waals surface area contributed by atoms with Gasteiger partial charge in [0.05, 0.1) is 12.8 Å². The van der Waals surface area contributed by atoms with Gasteiger partial charge in [-0.2, -0.15) is 5.10 Å². The normalized spacial score (nSPS) is 12.1. The van der Waals surface area contributed by atoms with Crippen molar-refractivity contribution < 1.29 is 23.8 Å². The molecule has 2 aromatic carbocycles. The second-order valence-electron chi connectivity index (χ2n) is 6.10. The second kappa shape index (κ2) is 9.79. The van der Waals surface area contributed by atoms with E-state index in [1.165, 1.54) is 6.21 Å². The van der Waals surface area contributed by atoms with Crippen LogP contribution in [0.3, 0.4) is 0 Å². The van der Waals surface area contributed by atoms with Crippen LogP contribution in [0.15, 0.2) is 41.5 Å². The largest absolute Gasteiger partial charge is 0.493 e. The average Bonchev–Trinajstić information content (AvgIpc) is 3.19. The zero-order valence-electron chi connectivity index (χ0n) is 15.7. The molecule has 0 bridgehead atoms. The number of carbonyl (C=O) groups is 2. The average molecular weight is 418 g/mol. The molecule has 0 aliphatic carbocycles. The minimum atomic E-state index is -0.889. The predicted octanol–water partition coefficient (Wildman–Crippen LogP) is 2.62. The summed E-state index contributed by atoms with van der Waals surface area (Å²) in [5, 5.41) is 6.84. The fourth-order valence-electron chi connectivity index (χ4n) is 2.49. The smallest absolute Gasteiger partial charge is 0.329 e. The molecule has 2 amide bonds. The molecule has 1 heterocycles. The van der Waals surface area contributed by atoms with Crippen LogP contribution in [0.5, 0.6) is 17.2 Å². The van der Waals surface area contributed by atoms with E-state index in [0.717, 1.165) is 12.0 Å². The molecule has 2 N–H and O–H groups in total. The molecular formula is C20H20ClN3O5. The lowest BCUT2D eigenvalue weighted by molar-refractivity contribution is -0.139. The summed E-state index contributed by atoms with van der Waals surface area (Å²) < 4.78 is 16.1. The van der Waals surface area contributed by atoms with Crippen LogP contribution in [-0.4, -0.2) is 31.4 Å². The van der Waals surface area contributed by atoms with Crippen LogP contribution in [0.1, 0.15) is 24.5 Å². The number of nitrogens with one attached hydrogen (secondary N) is 2. The SMILES string of the molecule is CCCOc1ccc(Cl)cc1/C=N\NC(=O)C(=O)NCc1ccc2c(c1)OCO2. The van der Waals surface area contributed by atoms with Crippen molar-refractivity contribution in [1.29, 1.82) is 0 Å². The maximum atomic E-state index is 12.0. The van der Waals surface area contributed by atoms with Gasteiger partial charge in [-0.3, -0.25) is 9.59 Å². The molecule has 0 saturated carbocycles. The summed E-state index contributed by atoms with van der Waals surface area (Å²) in [5.74, 6) is 0.138. The van der Waals surface area contributed by atoms with Crippen LogP contribution in [-0.2, 0) is 16.1 Å². The quantitative estimate of drug-likeness (QED) is 0.410. The Bertz CT molecular complexity index is 932. The number of halogens is 1. The number of carbonyl (C=O) groups excluding carboxylic acids is 2. The van der Waals surface area contributed by atoms with Crippen molar-refractivity contribution in [3.8, 4) is 17.2 Å². The van der Waals surface area contributed by atoms with E-state index in [4.69, 9.17) is 25.8 Å². The highest BCUT2D eigenvalue weighted by molar-refractivity contribution is 6.35. The van der Waals surface area contributed by atoms with Crippen molar-refractivity contribution >= 4 is 29.6 Å². The fourth-order valence-corrected chi connectivity index (χ4v) is 2.67. The lowest BCUT2D eigenvalue weighted by Gasteiger charge is -2.08. The minimum absolute atomic E-state index is 0.163. The number of ether oxygens (including phenoxy) is 3. The first kappa shape index (κ1) is 20.5. The van der Waals surface area contributed by atoms with E-state index in [2.05, 4.69) is 15.8 Å².